The standard InChI is InChI=1S/C21H30N4O3S/c1-14(2)10-25-20(17-6-8-18(27-5)9-7-17)22-23-21(25)29-13-19(26)24-11-15(3)28-16(4)12-24/h6-9,14-16H,10-13H2,1-5H3/t15-,16-/m0/s1. The minimum Gasteiger partial charge on any atom is -0.497 e. The maximum atomic E-state index is 12.7. The van der Waals surface area contributed by atoms with Crippen molar-refractivity contribution in [2.75, 3.05) is 26.0 Å². The molecule has 0 unspecified atom stereocenters. The highest BCUT2D eigenvalue weighted by molar-refractivity contribution is 7.99. The summed E-state index contributed by atoms with van der Waals surface area (Å²) in [6, 6.07) is 7.80. The Morgan fingerprint density at radius 2 is 1.86 bits per heavy atom. The molecule has 0 radical (unpaired) electrons. The Balaban J connectivity index is 1.74. The molecule has 2 aromatic rings. The van der Waals surface area contributed by atoms with Crippen LogP contribution in [0.15, 0.2) is 29.4 Å². The van der Waals surface area contributed by atoms with Crippen LogP contribution in [0.5, 0.6) is 5.75 Å². The van der Waals surface area contributed by atoms with E-state index in [-0.39, 0.29) is 18.1 Å². The number of hydrogen-bond donors (Lipinski definition) is 0. The van der Waals surface area contributed by atoms with Gasteiger partial charge in [0.2, 0.25) is 5.91 Å². The van der Waals surface area contributed by atoms with Crippen molar-refractivity contribution in [1.29, 1.82) is 0 Å². The van der Waals surface area contributed by atoms with E-state index < -0.39 is 0 Å². The Labute approximate surface area is 176 Å². The number of rotatable bonds is 7. The molecule has 1 aromatic heterocycles. The van der Waals surface area contributed by atoms with Gasteiger partial charge >= 0.3 is 0 Å². The monoisotopic (exact) mass is 418 g/mol. The Bertz CT molecular complexity index is 812. The van der Waals surface area contributed by atoms with E-state index in [4.69, 9.17) is 9.47 Å². The molecular formula is C21H30N4O3S. The number of nitrogens with zero attached hydrogens (tertiary/aromatic N) is 4. The van der Waals surface area contributed by atoms with E-state index in [2.05, 4.69) is 28.6 Å². The second kappa shape index (κ2) is 9.63. The summed E-state index contributed by atoms with van der Waals surface area (Å²) in [5.74, 6) is 2.50. The third-order valence-electron chi connectivity index (χ3n) is 4.71. The van der Waals surface area contributed by atoms with Crippen LogP contribution in [0.25, 0.3) is 11.4 Å². The Morgan fingerprint density at radius 1 is 1.21 bits per heavy atom. The zero-order chi connectivity index (χ0) is 21.0. The lowest BCUT2D eigenvalue weighted by Crippen LogP contribution is -2.48. The van der Waals surface area contributed by atoms with Crippen LogP contribution in [0.2, 0.25) is 0 Å². The second-order valence-corrected chi connectivity index (χ2v) is 8.83. The maximum Gasteiger partial charge on any atom is 0.233 e. The van der Waals surface area contributed by atoms with Gasteiger partial charge in [0, 0.05) is 25.2 Å². The number of amides is 1. The topological polar surface area (TPSA) is 69.5 Å². The highest BCUT2D eigenvalue weighted by atomic mass is 32.2. The number of carbonyl (C=O) groups is 1. The molecule has 1 aliphatic heterocycles. The lowest BCUT2D eigenvalue weighted by atomic mass is 10.2. The molecule has 7 nitrogen and oxygen atoms in total. The van der Waals surface area contributed by atoms with Crippen LogP contribution in [0.1, 0.15) is 27.7 Å². The quantitative estimate of drug-likeness (QED) is 0.643. The Kier molecular flexibility index (Phi) is 7.18. The van der Waals surface area contributed by atoms with Crippen LogP contribution in [0.4, 0.5) is 0 Å². The molecule has 2 heterocycles. The van der Waals surface area contributed by atoms with Crippen LogP contribution in [0, 0.1) is 5.92 Å². The fraction of sp³-hybridized carbons (Fsp3) is 0.571. The first kappa shape index (κ1) is 21.6. The average molecular weight is 419 g/mol. The minimum atomic E-state index is 0.0685. The van der Waals surface area contributed by atoms with E-state index in [0.29, 0.717) is 24.8 Å². The van der Waals surface area contributed by atoms with E-state index in [1.54, 1.807) is 7.11 Å². The summed E-state index contributed by atoms with van der Waals surface area (Å²) in [4.78, 5) is 14.6. The van der Waals surface area contributed by atoms with Crippen molar-refractivity contribution in [1.82, 2.24) is 19.7 Å². The molecule has 2 atom stereocenters. The van der Waals surface area contributed by atoms with Gasteiger partial charge in [0.05, 0.1) is 25.1 Å². The van der Waals surface area contributed by atoms with Gasteiger partial charge < -0.3 is 18.9 Å². The first-order valence-corrected chi connectivity index (χ1v) is 11.0. The third-order valence-corrected chi connectivity index (χ3v) is 5.66. The zero-order valence-corrected chi connectivity index (χ0v) is 18.6. The third kappa shape index (κ3) is 5.51. The number of aromatic nitrogens is 3. The molecule has 1 amide bonds. The van der Waals surface area contributed by atoms with Crippen molar-refractivity contribution in [3.8, 4) is 17.1 Å². The summed E-state index contributed by atoms with van der Waals surface area (Å²) in [6.07, 6.45) is 0.137. The van der Waals surface area contributed by atoms with Gasteiger partial charge in [-0.3, -0.25) is 4.79 Å². The van der Waals surface area contributed by atoms with Crippen molar-refractivity contribution in [3.63, 3.8) is 0 Å². The number of methoxy groups -OCH3 is 1. The van der Waals surface area contributed by atoms with Gasteiger partial charge in [0.25, 0.3) is 0 Å². The van der Waals surface area contributed by atoms with Crippen LogP contribution in [-0.2, 0) is 16.1 Å². The van der Waals surface area contributed by atoms with Crippen molar-refractivity contribution >= 4 is 17.7 Å². The lowest BCUT2D eigenvalue weighted by Gasteiger charge is -2.35. The number of morpholine rings is 1. The predicted octanol–water partition coefficient (Wildman–Crippen LogP) is 3.34. The van der Waals surface area contributed by atoms with Gasteiger partial charge in [-0.2, -0.15) is 0 Å². The summed E-state index contributed by atoms with van der Waals surface area (Å²) < 4.78 is 13.1. The zero-order valence-electron chi connectivity index (χ0n) is 17.8. The van der Waals surface area contributed by atoms with Crippen LogP contribution in [0.3, 0.4) is 0 Å². The molecule has 0 aliphatic carbocycles. The SMILES string of the molecule is COc1ccc(-c2nnc(SCC(=O)N3C[C@H](C)O[C@@H](C)C3)n2CC(C)C)cc1. The number of ether oxygens (including phenoxy) is 2. The molecule has 0 N–H and O–H groups in total. The summed E-state index contributed by atoms with van der Waals surface area (Å²) >= 11 is 1.45. The first-order chi connectivity index (χ1) is 13.9. The van der Waals surface area contributed by atoms with Crippen LogP contribution in [-0.4, -0.2) is 63.7 Å². The van der Waals surface area contributed by atoms with Gasteiger partial charge in [-0.15, -0.1) is 10.2 Å². The number of hydrogen-bond acceptors (Lipinski definition) is 6. The molecule has 3 rings (SSSR count). The molecule has 0 saturated carbocycles. The summed E-state index contributed by atoms with van der Waals surface area (Å²) in [5, 5.41) is 9.57. The molecule has 0 bridgehead atoms. The second-order valence-electron chi connectivity index (χ2n) is 7.88. The van der Waals surface area contributed by atoms with E-state index in [9.17, 15) is 4.79 Å². The van der Waals surface area contributed by atoms with Gasteiger partial charge in [-0.05, 0) is 44.0 Å². The number of carbonyl (C=O) groups excluding carboxylic acids is 1. The largest absolute Gasteiger partial charge is 0.497 e. The molecule has 1 saturated heterocycles. The maximum absolute atomic E-state index is 12.7. The van der Waals surface area contributed by atoms with Crippen LogP contribution < -0.4 is 4.74 Å². The van der Waals surface area contributed by atoms with Crippen molar-refractivity contribution in [2.24, 2.45) is 5.92 Å². The smallest absolute Gasteiger partial charge is 0.233 e. The lowest BCUT2D eigenvalue weighted by molar-refractivity contribution is -0.140. The summed E-state index contributed by atoms with van der Waals surface area (Å²) in [6.45, 7) is 10.4. The van der Waals surface area contributed by atoms with E-state index >= 15 is 0 Å². The summed E-state index contributed by atoms with van der Waals surface area (Å²) in [5.41, 5.74) is 0.980. The summed E-state index contributed by atoms with van der Waals surface area (Å²) in [7, 11) is 1.65. The highest BCUT2D eigenvalue weighted by Crippen LogP contribution is 2.27. The van der Waals surface area contributed by atoms with Gasteiger partial charge in [0.15, 0.2) is 11.0 Å². The molecule has 158 valence electrons. The van der Waals surface area contributed by atoms with Crippen LogP contribution >= 0.6 is 11.8 Å². The molecule has 0 spiro atoms. The fourth-order valence-corrected chi connectivity index (χ4v) is 4.33. The number of thioether (sulfide) groups is 1. The van der Waals surface area contributed by atoms with Gasteiger partial charge in [-0.25, -0.2) is 0 Å². The molecule has 1 aliphatic rings. The van der Waals surface area contributed by atoms with E-state index in [0.717, 1.165) is 28.8 Å². The Morgan fingerprint density at radius 3 is 2.45 bits per heavy atom. The molecule has 1 fully saturated rings. The van der Waals surface area contributed by atoms with Crippen molar-refractivity contribution < 1.29 is 14.3 Å². The predicted molar refractivity (Wildman–Crippen MR) is 114 cm³/mol. The van der Waals surface area contributed by atoms with Gasteiger partial charge in [0.1, 0.15) is 5.75 Å². The van der Waals surface area contributed by atoms with Crippen molar-refractivity contribution in [3.05, 3.63) is 24.3 Å². The molecule has 1 aromatic carbocycles. The van der Waals surface area contributed by atoms with E-state index in [1.165, 1.54) is 11.8 Å². The normalized spacial score (nSPS) is 19.6. The minimum absolute atomic E-state index is 0.0685. The van der Waals surface area contributed by atoms with E-state index in [1.807, 2.05) is 43.0 Å². The van der Waals surface area contributed by atoms with Gasteiger partial charge in [-0.1, -0.05) is 25.6 Å². The molecular weight excluding hydrogens is 388 g/mol. The average Bonchev–Trinajstić information content (AvgIpc) is 3.07. The molecule has 8 heteroatoms. The Hall–Kier alpha value is -2.06. The first-order valence-electron chi connectivity index (χ1n) is 10.0. The fourth-order valence-electron chi connectivity index (χ4n) is 3.48. The highest BCUT2D eigenvalue weighted by Gasteiger charge is 2.26. The van der Waals surface area contributed by atoms with Crippen molar-refractivity contribution in [2.45, 2.75) is 51.6 Å². The number of benzene rings is 1. The molecule has 29 heavy (non-hydrogen) atoms.